The number of sulfonamides is 1. The number of benzene rings is 2. The molecule has 7 nitrogen and oxygen atoms in total. The molecule has 0 aliphatic heterocycles. The Morgan fingerprint density at radius 1 is 1.03 bits per heavy atom. The molecular weight excluding hydrogens is 533 g/mol. The minimum atomic E-state index is -3.79. The lowest BCUT2D eigenvalue weighted by molar-refractivity contribution is -0.140. The summed E-state index contributed by atoms with van der Waals surface area (Å²) < 4.78 is 26.6. The van der Waals surface area contributed by atoms with Crippen molar-refractivity contribution in [3.05, 3.63) is 63.1 Å². The zero-order valence-electron chi connectivity index (χ0n) is 21.8. The van der Waals surface area contributed by atoms with E-state index in [4.69, 9.17) is 23.2 Å². The van der Waals surface area contributed by atoms with Crippen LogP contribution in [0.5, 0.6) is 0 Å². The number of carbonyl (C=O) groups excluding carboxylic acids is 2. The van der Waals surface area contributed by atoms with Crippen LogP contribution in [0.25, 0.3) is 0 Å². The van der Waals surface area contributed by atoms with Gasteiger partial charge in [0.2, 0.25) is 21.8 Å². The monoisotopic (exact) mass is 567 g/mol. The summed E-state index contributed by atoms with van der Waals surface area (Å²) in [6, 6.07) is 9.61. The van der Waals surface area contributed by atoms with Crippen LogP contribution in [0, 0.1) is 13.8 Å². The largest absolute Gasteiger partial charge is 0.352 e. The van der Waals surface area contributed by atoms with Crippen LogP contribution in [0.1, 0.15) is 55.7 Å². The van der Waals surface area contributed by atoms with Gasteiger partial charge in [0.05, 0.1) is 22.0 Å². The van der Waals surface area contributed by atoms with Gasteiger partial charge in [-0.3, -0.25) is 13.9 Å². The number of nitrogens with one attached hydrogen (secondary N) is 1. The molecule has 0 saturated heterocycles. The number of rotatable bonds is 10. The molecule has 0 unspecified atom stereocenters. The number of halogens is 2. The number of aryl methyl sites for hydroxylation is 2. The van der Waals surface area contributed by atoms with E-state index in [2.05, 4.69) is 5.32 Å². The first kappa shape index (κ1) is 29.3. The zero-order chi connectivity index (χ0) is 27.3. The van der Waals surface area contributed by atoms with E-state index in [9.17, 15) is 18.0 Å². The number of carbonyl (C=O) groups is 2. The number of anilines is 1. The summed E-state index contributed by atoms with van der Waals surface area (Å²) in [6.45, 7) is 5.30. The van der Waals surface area contributed by atoms with Crippen LogP contribution in [0.3, 0.4) is 0 Å². The van der Waals surface area contributed by atoms with Gasteiger partial charge in [0, 0.05) is 12.6 Å². The van der Waals surface area contributed by atoms with Crippen LogP contribution in [-0.2, 0) is 26.2 Å². The van der Waals surface area contributed by atoms with Crippen LogP contribution in [0.15, 0.2) is 36.4 Å². The molecule has 1 atom stereocenters. The van der Waals surface area contributed by atoms with Crippen LogP contribution < -0.4 is 9.62 Å². The molecule has 1 aliphatic rings. The van der Waals surface area contributed by atoms with E-state index in [1.54, 1.807) is 30.3 Å². The first-order chi connectivity index (χ1) is 17.4. The molecule has 2 aromatic rings. The number of amides is 2. The van der Waals surface area contributed by atoms with E-state index in [1.165, 1.54) is 4.90 Å². The molecule has 0 aromatic heterocycles. The third-order valence-electron chi connectivity index (χ3n) is 6.88. The second kappa shape index (κ2) is 12.5. The Balaban J connectivity index is 1.95. The highest BCUT2D eigenvalue weighted by molar-refractivity contribution is 7.92. The summed E-state index contributed by atoms with van der Waals surface area (Å²) >= 11 is 12.3. The summed E-state index contributed by atoms with van der Waals surface area (Å²) in [7, 11) is -3.79. The molecule has 0 spiro atoms. The van der Waals surface area contributed by atoms with Gasteiger partial charge in [-0.25, -0.2) is 8.42 Å². The van der Waals surface area contributed by atoms with Gasteiger partial charge in [-0.05, 0) is 74.1 Å². The van der Waals surface area contributed by atoms with Crippen molar-refractivity contribution in [1.29, 1.82) is 0 Å². The van der Waals surface area contributed by atoms with Crippen molar-refractivity contribution in [1.82, 2.24) is 10.2 Å². The lowest BCUT2D eigenvalue weighted by Gasteiger charge is -2.33. The summed E-state index contributed by atoms with van der Waals surface area (Å²) in [5, 5.41) is 3.81. The molecule has 0 radical (unpaired) electrons. The maximum Gasteiger partial charge on any atom is 0.244 e. The standard InChI is InChI=1S/C27H35Cl2N3O4S/c1-5-25(27(34)30-21-8-6-7-9-21)31(16-20-11-13-23(28)24(29)15-20)26(33)17-32(37(4,35)36)22-12-10-18(2)19(3)14-22/h10-15,21,25H,5-9,16-17H2,1-4H3,(H,30,34)/t25-/m1/s1. The Hall–Kier alpha value is -2.29. The van der Waals surface area contributed by atoms with E-state index in [0.29, 0.717) is 27.7 Å². The zero-order valence-corrected chi connectivity index (χ0v) is 24.1. The van der Waals surface area contributed by atoms with Gasteiger partial charge < -0.3 is 10.2 Å². The fourth-order valence-electron chi connectivity index (χ4n) is 4.62. The van der Waals surface area contributed by atoms with Gasteiger partial charge in [0.25, 0.3) is 0 Å². The molecular formula is C27H35Cl2N3O4S. The lowest BCUT2D eigenvalue weighted by Crippen LogP contribution is -2.53. The number of nitrogens with zero attached hydrogens (tertiary/aromatic N) is 2. The van der Waals surface area contributed by atoms with Crippen molar-refractivity contribution in [2.75, 3.05) is 17.1 Å². The van der Waals surface area contributed by atoms with E-state index in [1.807, 2.05) is 26.8 Å². The highest BCUT2D eigenvalue weighted by Crippen LogP contribution is 2.26. The molecule has 0 bridgehead atoms. The third-order valence-corrected chi connectivity index (χ3v) is 8.76. The average Bonchev–Trinajstić information content (AvgIpc) is 3.33. The molecule has 202 valence electrons. The summed E-state index contributed by atoms with van der Waals surface area (Å²) in [6.07, 6.45) is 5.39. The van der Waals surface area contributed by atoms with Gasteiger partial charge >= 0.3 is 0 Å². The number of hydrogen-bond acceptors (Lipinski definition) is 4. The summed E-state index contributed by atoms with van der Waals surface area (Å²) in [5.74, 6) is -0.719. The van der Waals surface area contributed by atoms with Crippen LogP contribution in [0.4, 0.5) is 5.69 Å². The first-order valence-corrected chi connectivity index (χ1v) is 15.1. The molecule has 2 amide bonds. The number of hydrogen-bond donors (Lipinski definition) is 1. The highest BCUT2D eigenvalue weighted by Gasteiger charge is 2.33. The molecule has 37 heavy (non-hydrogen) atoms. The Morgan fingerprint density at radius 3 is 2.27 bits per heavy atom. The van der Waals surface area contributed by atoms with Crippen LogP contribution in [-0.4, -0.2) is 50.0 Å². The van der Waals surface area contributed by atoms with Gasteiger partial charge in [0.15, 0.2) is 0 Å². The van der Waals surface area contributed by atoms with Crippen molar-refractivity contribution >= 4 is 50.7 Å². The maximum absolute atomic E-state index is 13.8. The van der Waals surface area contributed by atoms with Crippen molar-refractivity contribution in [2.45, 2.75) is 71.5 Å². The summed E-state index contributed by atoms with van der Waals surface area (Å²) in [4.78, 5) is 28.6. The van der Waals surface area contributed by atoms with Crippen molar-refractivity contribution < 1.29 is 18.0 Å². The third kappa shape index (κ3) is 7.62. The quantitative estimate of drug-likeness (QED) is 0.425. The molecule has 1 saturated carbocycles. The first-order valence-electron chi connectivity index (χ1n) is 12.5. The molecule has 1 N–H and O–H groups in total. The smallest absolute Gasteiger partial charge is 0.244 e. The van der Waals surface area contributed by atoms with Crippen molar-refractivity contribution in [2.24, 2.45) is 0 Å². The Bertz CT molecular complexity index is 1250. The molecule has 10 heteroatoms. The maximum atomic E-state index is 13.8. The molecule has 1 aliphatic carbocycles. The predicted octanol–water partition coefficient (Wildman–Crippen LogP) is 5.24. The highest BCUT2D eigenvalue weighted by atomic mass is 35.5. The average molecular weight is 569 g/mol. The Labute approximate surface area is 230 Å². The van der Waals surface area contributed by atoms with Gasteiger partial charge in [-0.15, -0.1) is 0 Å². The Morgan fingerprint density at radius 2 is 1.70 bits per heavy atom. The van der Waals surface area contributed by atoms with Crippen LogP contribution in [0.2, 0.25) is 10.0 Å². The topological polar surface area (TPSA) is 86.8 Å². The van der Waals surface area contributed by atoms with Crippen molar-refractivity contribution in [3.63, 3.8) is 0 Å². The molecule has 1 fully saturated rings. The fraction of sp³-hybridized carbons (Fsp3) is 0.481. The molecule has 3 rings (SSSR count). The molecule has 2 aromatic carbocycles. The minimum Gasteiger partial charge on any atom is -0.352 e. The van der Waals surface area contributed by atoms with Gasteiger partial charge in [-0.2, -0.15) is 0 Å². The second-order valence-corrected chi connectivity index (χ2v) is 12.4. The van der Waals surface area contributed by atoms with Crippen LogP contribution >= 0.6 is 23.2 Å². The SMILES string of the molecule is CC[C@H](C(=O)NC1CCCC1)N(Cc1ccc(Cl)c(Cl)c1)C(=O)CN(c1ccc(C)c(C)c1)S(C)(=O)=O. The Kier molecular flexibility index (Phi) is 9.89. The molecule has 0 heterocycles. The van der Waals surface area contributed by atoms with Gasteiger partial charge in [-0.1, -0.05) is 55.1 Å². The van der Waals surface area contributed by atoms with E-state index >= 15 is 0 Å². The predicted molar refractivity (Wildman–Crippen MR) is 150 cm³/mol. The fourth-order valence-corrected chi connectivity index (χ4v) is 5.78. The minimum absolute atomic E-state index is 0.0802. The van der Waals surface area contributed by atoms with E-state index < -0.39 is 28.5 Å². The summed E-state index contributed by atoms with van der Waals surface area (Å²) in [5.41, 5.74) is 3.01. The normalized spacial score (nSPS) is 14.9. The van der Waals surface area contributed by atoms with Gasteiger partial charge in [0.1, 0.15) is 12.6 Å². The lowest BCUT2D eigenvalue weighted by atomic mass is 10.1. The van der Waals surface area contributed by atoms with E-state index in [-0.39, 0.29) is 18.5 Å². The van der Waals surface area contributed by atoms with Crippen molar-refractivity contribution in [3.8, 4) is 0 Å². The van der Waals surface area contributed by atoms with E-state index in [0.717, 1.165) is 47.4 Å². The second-order valence-electron chi connectivity index (χ2n) is 9.72.